The van der Waals surface area contributed by atoms with E-state index in [0.29, 0.717) is 17.9 Å². The van der Waals surface area contributed by atoms with Crippen molar-refractivity contribution in [3.05, 3.63) is 53.6 Å². The van der Waals surface area contributed by atoms with E-state index in [9.17, 15) is 13.2 Å². The molecule has 1 heterocycles. The summed E-state index contributed by atoms with van der Waals surface area (Å²) in [5.74, 6) is 0.172. The Labute approximate surface area is 136 Å². The summed E-state index contributed by atoms with van der Waals surface area (Å²) in [7, 11) is 0. The van der Waals surface area contributed by atoms with Crippen LogP contribution in [0.5, 0.6) is 0 Å². The number of nitrogens with two attached hydrogens (primary N) is 1. The summed E-state index contributed by atoms with van der Waals surface area (Å²) < 4.78 is 39.2. The molecule has 0 spiro atoms. The largest absolute Gasteiger partial charge is 0.416 e. The van der Waals surface area contributed by atoms with Gasteiger partial charge in [-0.1, -0.05) is 12.1 Å². The molecule has 0 aliphatic rings. The summed E-state index contributed by atoms with van der Waals surface area (Å²) in [6.07, 6.45) is 0.237. The SMILES string of the molecule is Cl.N=C(N)NN=Cc1nccn1Cc1ccc(C(F)(F)F)cc1. The minimum Gasteiger partial charge on any atom is -0.369 e. The Kier molecular flexibility index (Phi) is 6.14. The van der Waals surface area contributed by atoms with E-state index in [1.165, 1.54) is 18.3 Å². The molecule has 1 aromatic carbocycles. The van der Waals surface area contributed by atoms with Gasteiger partial charge in [0.05, 0.1) is 11.8 Å². The fourth-order valence-electron chi connectivity index (χ4n) is 1.74. The maximum atomic E-state index is 12.5. The molecule has 0 fully saturated rings. The van der Waals surface area contributed by atoms with Crippen molar-refractivity contribution < 1.29 is 13.2 Å². The maximum Gasteiger partial charge on any atom is 0.416 e. The summed E-state index contributed by atoms with van der Waals surface area (Å²) in [5.41, 5.74) is 7.34. The number of guanidine groups is 1. The summed E-state index contributed by atoms with van der Waals surface area (Å²) in [5, 5.41) is 10.7. The van der Waals surface area contributed by atoms with Crippen molar-refractivity contribution in [2.75, 3.05) is 0 Å². The second kappa shape index (κ2) is 7.63. The normalized spacial score (nSPS) is 11.3. The number of hydrazone groups is 1. The number of aromatic nitrogens is 2. The fourth-order valence-corrected chi connectivity index (χ4v) is 1.74. The van der Waals surface area contributed by atoms with E-state index in [1.807, 2.05) is 0 Å². The average Bonchev–Trinajstić information content (AvgIpc) is 2.85. The van der Waals surface area contributed by atoms with Crippen LogP contribution in [0.3, 0.4) is 0 Å². The van der Waals surface area contributed by atoms with Gasteiger partial charge in [-0.15, -0.1) is 12.4 Å². The zero-order valence-corrected chi connectivity index (χ0v) is 12.5. The average molecular weight is 347 g/mol. The standard InChI is InChI=1S/C13H13F3N6.ClH/c14-13(15,16)10-3-1-9(2-4-10)8-22-6-5-19-11(22)7-20-21-12(17)18;/h1-7H,8H2,(H4,17,18,21);1H. The van der Waals surface area contributed by atoms with Gasteiger partial charge >= 0.3 is 6.18 Å². The monoisotopic (exact) mass is 346 g/mol. The van der Waals surface area contributed by atoms with Crippen LogP contribution in [0.1, 0.15) is 17.0 Å². The Bertz CT molecular complexity index is 678. The van der Waals surface area contributed by atoms with Crippen LogP contribution in [0.15, 0.2) is 41.8 Å². The lowest BCUT2D eigenvalue weighted by molar-refractivity contribution is -0.137. The Morgan fingerprint density at radius 2 is 2.00 bits per heavy atom. The molecule has 0 aliphatic heterocycles. The van der Waals surface area contributed by atoms with Gasteiger partial charge in [0.1, 0.15) is 0 Å². The number of hydrogen-bond donors (Lipinski definition) is 3. The number of alkyl halides is 3. The number of nitrogens with zero attached hydrogens (tertiary/aromatic N) is 3. The third-order valence-corrected chi connectivity index (χ3v) is 2.75. The van der Waals surface area contributed by atoms with Crippen LogP contribution < -0.4 is 11.2 Å². The molecule has 0 radical (unpaired) electrons. The van der Waals surface area contributed by atoms with Gasteiger partial charge in [0.25, 0.3) is 0 Å². The molecule has 0 amide bonds. The molecule has 124 valence electrons. The summed E-state index contributed by atoms with van der Waals surface area (Å²) in [6.45, 7) is 0.347. The van der Waals surface area contributed by atoms with Gasteiger partial charge in [0, 0.05) is 18.9 Å². The topological polar surface area (TPSA) is 92.1 Å². The van der Waals surface area contributed by atoms with Crippen LogP contribution in [-0.2, 0) is 12.7 Å². The number of nitrogens with one attached hydrogen (secondary N) is 2. The highest BCUT2D eigenvalue weighted by Crippen LogP contribution is 2.29. The number of halogens is 4. The first-order chi connectivity index (χ1) is 10.4. The molecule has 0 saturated carbocycles. The smallest absolute Gasteiger partial charge is 0.369 e. The Hall–Kier alpha value is -2.55. The second-order valence-electron chi connectivity index (χ2n) is 4.39. The van der Waals surface area contributed by atoms with Crippen molar-refractivity contribution in [3.8, 4) is 0 Å². The van der Waals surface area contributed by atoms with E-state index >= 15 is 0 Å². The molecule has 2 rings (SSSR count). The van der Waals surface area contributed by atoms with Gasteiger partial charge in [-0.3, -0.25) is 5.41 Å². The zero-order chi connectivity index (χ0) is 16.2. The van der Waals surface area contributed by atoms with Crippen molar-refractivity contribution in [2.24, 2.45) is 10.8 Å². The van der Waals surface area contributed by atoms with Crippen molar-refractivity contribution in [1.29, 1.82) is 5.41 Å². The van der Waals surface area contributed by atoms with Crippen molar-refractivity contribution in [3.63, 3.8) is 0 Å². The maximum absolute atomic E-state index is 12.5. The molecule has 0 aliphatic carbocycles. The van der Waals surface area contributed by atoms with Crippen molar-refractivity contribution in [1.82, 2.24) is 15.0 Å². The summed E-state index contributed by atoms with van der Waals surface area (Å²) >= 11 is 0. The predicted octanol–water partition coefficient (Wildman–Crippen LogP) is 2.19. The number of benzene rings is 1. The van der Waals surface area contributed by atoms with Crippen molar-refractivity contribution in [2.45, 2.75) is 12.7 Å². The molecule has 0 bridgehead atoms. The van der Waals surface area contributed by atoms with Gasteiger partial charge in [0.15, 0.2) is 5.82 Å². The highest BCUT2D eigenvalue weighted by atomic mass is 35.5. The molecule has 1 aromatic heterocycles. The minimum absolute atomic E-state index is 0. The highest BCUT2D eigenvalue weighted by molar-refractivity contribution is 5.85. The van der Waals surface area contributed by atoms with Crippen molar-refractivity contribution >= 4 is 24.6 Å². The van der Waals surface area contributed by atoms with E-state index < -0.39 is 11.7 Å². The van der Waals surface area contributed by atoms with Crippen LogP contribution in [0.2, 0.25) is 0 Å². The van der Waals surface area contributed by atoms with Crippen LogP contribution in [0.25, 0.3) is 0 Å². The number of rotatable bonds is 4. The molecule has 0 saturated heterocycles. The van der Waals surface area contributed by atoms with Gasteiger partial charge in [-0.05, 0) is 17.7 Å². The van der Waals surface area contributed by atoms with E-state index in [-0.39, 0.29) is 18.4 Å². The Morgan fingerprint density at radius 3 is 2.57 bits per heavy atom. The lowest BCUT2D eigenvalue weighted by Gasteiger charge is -2.09. The minimum atomic E-state index is -4.34. The third kappa shape index (κ3) is 5.29. The van der Waals surface area contributed by atoms with Gasteiger partial charge < -0.3 is 10.3 Å². The molecule has 0 unspecified atom stereocenters. The molecule has 2 aromatic rings. The first-order valence-electron chi connectivity index (χ1n) is 6.16. The van der Waals surface area contributed by atoms with E-state index in [4.69, 9.17) is 11.1 Å². The molecule has 0 atom stereocenters. The van der Waals surface area contributed by atoms with Gasteiger partial charge in [0.2, 0.25) is 5.96 Å². The Morgan fingerprint density at radius 1 is 1.35 bits per heavy atom. The van der Waals surface area contributed by atoms with E-state index in [2.05, 4.69) is 15.5 Å². The lowest BCUT2D eigenvalue weighted by Crippen LogP contribution is -2.25. The number of imidazole rings is 1. The van der Waals surface area contributed by atoms with Crippen LogP contribution >= 0.6 is 12.4 Å². The predicted molar refractivity (Wildman–Crippen MR) is 82.7 cm³/mol. The van der Waals surface area contributed by atoms with Gasteiger partial charge in [-0.25, -0.2) is 10.4 Å². The molecule has 23 heavy (non-hydrogen) atoms. The summed E-state index contributed by atoms with van der Waals surface area (Å²) in [6, 6.07) is 4.91. The lowest BCUT2D eigenvalue weighted by atomic mass is 10.1. The molecular formula is C13H14ClF3N6. The molecular weight excluding hydrogens is 333 g/mol. The van der Waals surface area contributed by atoms with E-state index in [1.54, 1.807) is 17.0 Å². The summed E-state index contributed by atoms with van der Waals surface area (Å²) in [4.78, 5) is 4.05. The molecule has 4 N–H and O–H groups in total. The quantitative estimate of drug-likeness (QED) is 0.450. The second-order valence-corrected chi connectivity index (χ2v) is 4.39. The molecule has 10 heteroatoms. The van der Waals surface area contributed by atoms with E-state index in [0.717, 1.165) is 12.1 Å². The third-order valence-electron chi connectivity index (χ3n) is 2.75. The van der Waals surface area contributed by atoms with Gasteiger partial charge in [-0.2, -0.15) is 18.3 Å². The Balaban J connectivity index is 0.00000264. The first-order valence-corrected chi connectivity index (χ1v) is 6.16. The van der Waals surface area contributed by atoms with Crippen LogP contribution in [0, 0.1) is 5.41 Å². The van der Waals surface area contributed by atoms with Crippen LogP contribution in [-0.4, -0.2) is 21.7 Å². The fraction of sp³-hybridized carbons (Fsp3) is 0.154. The zero-order valence-electron chi connectivity index (χ0n) is 11.7. The van der Waals surface area contributed by atoms with Crippen LogP contribution in [0.4, 0.5) is 13.2 Å². The molecule has 6 nitrogen and oxygen atoms in total. The highest BCUT2D eigenvalue weighted by Gasteiger charge is 2.29. The number of hydrogen-bond acceptors (Lipinski definition) is 3. The first kappa shape index (κ1) is 18.5.